The van der Waals surface area contributed by atoms with Crippen LogP contribution in [0.4, 0.5) is 5.69 Å². The van der Waals surface area contributed by atoms with Crippen LogP contribution in [0.15, 0.2) is 24.3 Å². The van der Waals surface area contributed by atoms with Gasteiger partial charge in [0.05, 0.1) is 0 Å². The second-order valence-electron chi connectivity index (χ2n) is 6.01. The van der Waals surface area contributed by atoms with Gasteiger partial charge in [-0.05, 0) is 37.3 Å². The molecule has 0 aliphatic heterocycles. The van der Waals surface area contributed by atoms with Crippen molar-refractivity contribution in [3.8, 4) is 0 Å². The molecule has 0 atom stereocenters. The van der Waals surface area contributed by atoms with Crippen molar-refractivity contribution in [2.45, 2.75) is 59.0 Å². The van der Waals surface area contributed by atoms with Gasteiger partial charge in [-0.3, -0.25) is 0 Å². The van der Waals surface area contributed by atoms with E-state index in [1.54, 1.807) is 0 Å². The van der Waals surface area contributed by atoms with Crippen LogP contribution in [-0.4, -0.2) is 19.1 Å². The Bertz CT molecular complexity index is 394. The number of nitrogens with zero attached hydrogens (tertiary/aromatic N) is 1. The summed E-state index contributed by atoms with van der Waals surface area (Å²) >= 11 is 0. The molecule has 0 heterocycles. The van der Waals surface area contributed by atoms with E-state index in [-0.39, 0.29) is 0 Å². The molecule has 0 radical (unpaired) electrons. The highest BCUT2D eigenvalue weighted by molar-refractivity contribution is 5.53. The molecule has 0 aromatic heterocycles. The summed E-state index contributed by atoms with van der Waals surface area (Å²) in [5.74, 6) is 0.805. The zero-order valence-electron chi connectivity index (χ0n) is 13.4. The first-order valence-corrected chi connectivity index (χ1v) is 8.34. The topological polar surface area (TPSA) is 15.3 Å². The van der Waals surface area contributed by atoms with E-state index in [0.29, 0.717) is 0 Å². The first-order chi connectivity index (χ1) is 9.78. The van der Waals surface area contributed by atoms with Crippen LogP contribution in [0.1, 0.15) is 52.0 Å². The lowest BCUT2D eigenvalue weighted by molar-refractivity contribution is 0.485. The quantitative estimate of drug-likeness (QED) is 0.726. The highest BCUT2D eigenvalue weighted by Gasteiger charge is 2.21. The molecule has 0 amide bonds. The maximum atomic E-state index is 3.65. The van der Waals surface area contributed by atoms with Crippen LogP contribution in [0.5, 0.6) is 0 Å². The molecule has 0 unspecified atom stereocenters. The van der Waals surface area contributed by atoms with Crippen LogP contribution in [-0.2, 0) is 6.54 Å². The van der Waals surface area contributed by atoms with Crippen molar-refractivity contribution in [1.29, 1.82) is 0 Å². The number of hydrogen-bond acceptors (Lipinski definition) is 2. The standard InChI is InChI=1S/C18H30N2/c1-4-15(5-2)14-20(6-3)18-10-8-7-9-16(18)13-19-17-11-12-17/h7-10,15,17,19H,4-6,11-14H2,1-3H3. The van der Waals surface area contributed by atoms with Gasteiger partial charge in [0.2, 0.25) is 0 Å². The number of rotatable bonds is 9. The molecule has 2 rings (SSSR count). The van der Waals surface area contributed by atoms with E-state index in [4.69, 9.17) is 0 Å². The summed E-state index contributed by atoms with van der Waals surface area (Å²) in [6, 6.07) is 9.68. The number of benzene rings is 1. The van der Waals surface area contributed by atoms with Gasteiger partial charge in [-0.1, -0.05) is 44.9 Å². The molecule has 2 nitrogen and oxygen atoms in total. The number of hydrogen-bond donors (Lipinski definition) is 1. The first-order valence-electron chi connectivity index (χ1n) is 8.34. The molecule has 1 aliphatic carbocycles. The summed E-state index contributed by atoms with van der Waals surface area (Å²) in [7, 11) is 0. The minimum Gasteiger partial charge on any atom is -0.371 e. The van der Waals surface area contributed by atoms with Crippen LogP contribution in [0.2, 0.25) is 0 Å². The lowest BCUT2D eigenvalue weighted by Gasteiger charge is -2.29. The van der Waals surface area contributed by atoms with Crippen molar-refractivity contribution in [2.24, 2.45) is 5.92 Å². The van der Waals surface area contributed by atoms with Crippen molar-refractivity contribution in [1.82, 2.24) is 5.32 Å². The monoisotopic (exact) mass is 274 g/mol. The van der Waals surface area contributed by atoms with E-state index >= 15 is 0 Å². The van der Waals surface area contributed by atoms with Crippen molar-refractivity contribution in [2.75, 3.05) is 18.0 Å². The van der Waals surface area contributed by atoms with Gasteiger partial charge in [0, 0.05) is 31.4 Å². The summed E-state index contributed by atoms with van der Waals surface area (Å²) in [5.41, 5.74) is 2.88. The Balaban J connectivity index is 2.06. The van der Waals surface area contributed by atoms with E-state index in [1.807, 2.05) is 0 Å². The molecule has 1 saturated carbocycles. The molecular weight excluding hydrogens is 244 g/mol. The molecule has 1 aliphatic rings. The minimum absolute atomic E-state index is 0.775. The summed E-state index contributed by atoms with van der Waals surface area (Å²) in [6.45, 7) is 10.2. The van der Waals surface area contributed by atoms with E-state index < -0.39 is 0 Å². The molecule has 1 aromatic rings. The van der Waals surface area contributed by atoms with Gasteiger partial charge in [0.25, 0.3) is 0 Å². The Morgan fingerprint density at radius 2 is 1.85 bits per heavy atom. The molecule has 20 heavy (non-hydrogen) atoms. The van der Waals surface area contributed by atoms with Gasteiger partial charge in [-0.15, -0.1) is 0 Å². The van der Waals surface area contributed by atoms with Crippen molar-refractivity contribution >= 4 is 5.69 Å². The third-order valence-corrected chi connectivity index (χ3v) is 4.51. The van der Waals surface area contributed by atoms with Gasteiger partial charge in [-0.2, -0.15) is 0 Å². The summed E-state index contributed by atoms with van der Waals surface area (Å²) < 4.78 is 0. The molecule has 0 saturated heterocycles. The highest BCUT2D eigenvalue weighted by Crippen LogP contribution is 2.25. The zero-order valence-corrected chi connectivity index (χ0v) is 13.4. The third kappa shape index (κ3) is 4.24. The van der Waals surface area contributed by atoms with Crippen LogP contribution >= 0.6 is 0 Å². The zero-order chi connectivity index (χ0) is 14.4. The van der Waals surface area contributed by atoms with Crippen LogP contribution in [0, 0.1) is 5.92 Å². The van der Waals surface area contributed by atoms with Crippen LogP contribution in [0.3, 0.4) is 0 Å². The lowest BCUT2D eigenvalue weighted by Crippen LogP contribution is -2.30. The second-order valence-corrected chi connectivity index (χ2v) is 6.01. The van der Waals surface area contributed by atoms with E-state index in [2.05, 4.69) is 55.3 Å². The molecule has 112 valence electrons. The second kappa shape index (κ2) is 7.68. The molecule has 1 fully saturated rings. The smallest absolute Gasteiger partial charge is 0.0411 e. The fourth-order valence-electron chi connectivity index (χ4n) is 2.77. The third-order valence-electron chi connectivity index (χ3n) is 4.51. The SMILES string of the molecule is CCC(CC)CN(CC)c1ccccc1CNC1CC1. The highest BCUT2D eigenvalue weighted by atomic mass is 15.1. The number of anilines is 1. The lowest BCUT2D eigenvalue weighted by atomic mass is 10.0. The van der Waals surface area contributed by atoms with Crippen LogP contribution < -0.4 is 10.2 Å². The maximum Gasteiger partial charge on any atom is 0.0411 e. The maximum absolute atomic E-state index is 3.65. The Morgan fingerprint density at radius 1 is 1.15 bits per heavy atom. The minimum atomic E-state index is 0.775. The molecule has 1 N–H and O–H groups in total. The Labute approximate surface area is 124 Å². The molecule has 1 aromatic carbocycles. The normalized spacial score (nSPS) is 14.8. The van der Waals surface area contributed by atoms with E-state index in [0.717, 1.165) is 25.0 Å². The van der Waals surface area contributed by atoms with E-state index in [1.165, 1.54) is 43.5 Å². The predicted octanol–water partition coefficient (Wildman–Crippen LogP) is 4.20. The fourth-order valence-corrected chi connectivity index (χ4v) is 2.77. The Morgan fingerprint density at radius 3 is 2.45 bits per heavy atom. The van der Waals surface area contributed by atoms with Gasteiger partial charge in [-0.25, -0.2) is 0 Å². The van der Waals surface area contributed by atoms with Gasteiger partial charge in [0.1, 0.15) is 0 Å². The summed E-state index contributed by atoms with van der Waals surface area (Å²) in [5, 5.41) is 3.65. The van der Waals surface area contributed by atoms with Gasteiger partial charge < -0.3 is 10.2 Å². The average Bonchev–Trinajstić information content (AvgIpc) is 3.31. The average molecular weight is 274 g/mol. The number of nitrogens with one attached hydrogen (secondary N) is 1. The molecule has 0 bridgehead atoms. The molecule has 2 heteroatoms. The molecule has 0 spiro atoms. The largest absolute Gasteiger partial charge is 0.371 e. The van der Waals surface area contributed by atoms with Crippen molar-refractivity contribution in [3.63, 3.8) is 0 Å². The number of para-hydroxylation sites is 1. The van der Waals surface area contributed by atoms with Crippen LogP contribution in [0.25, 0.3) is 0 Å². The summed E-state index contributed by atoms with van der Waals surface area (Å²) in [4.78, 5) is 2.56. The Kier molecular flexibility index (Phi) is 5.90. The van der Waals surface area contributed by atoms with E-state index in [9.17, 15) is 0 Å². The van der Waals surface area contributed by atoms with Gasteiger partial charge in [0.15, 0.2) is 0 Å². The predicted molar refractivity (Wildman–Crippen MR) is 88.3 cm³/mol. The van der Waals surface area contributed by atoms with Crippen molar-refractivity contribution in [3.05, 3.63) is 29.8 Å². The first kappa shape index (κ1) is 15.4. The van der Waals surface area contributed by atoms with Gasteiger partial charge >= 0.3 is 0 Å². The summed E-state index contributed by atoms with van der Waals surface area (Å²) in [6.07, 6.45) is 5.26. The Hall–Kier alpha value is -1.02. The van der Waals surface area contributed by atoms with Crippen molar-refractivity contribution < 1.29 is 0 Å². The fraction of sp³-hybridized carbons (Fsp3) is 0.667. The molecular formula is C18H30N2.